The third-order valence-corrected chi connectivity index (χ3v) is 5.61. The van der Waals surface area contributed by atoms with E-state index in [1.54, 1.807) is 30.5 Å². The molecule has 1 saturated heterocycles. The number of hydrogen-bond donors (Lipinski definition) is 1. The van der Waals surface area contributed by atoms with Crippen LogP contribution >= 0.6 is 27.5 Å². The monoisotopic (exact) mass is 463 g/mol. The molecule has 1 aromatic carbocycles. The lowest BCUT2D eigenvalue weighted by Crippen LogP contribution is -2.57. The van der Waals surface area contributed by atoms with Gasteiger partial charge in [0.2, 0.25) is 5.78 Å². The Labute approximate surface area is 174 Å². The lowest BCUT2D eigenvalue weighted by molar-refractivity contribution is -0.209. The molecule has 5 nitrogen and oxygen atoms in total. The number of benzene rings is 1. The number of rotatable bonds is 3. The highest BCUT2D eigenvalue weighted by Gasteiger charge is 2.45. The zero-order valence-electron chi connectivity index (χ0n) is 14.6. The average molecular weight is 465 g/mol. The van der Waals surface area contributed by atoms with Crippen molar-refractivity contribution < 1.29 is 14.4 Å². The lowest BCUT2D eigenvalue weighted by Gasteiger charge is -2.47. The van der Waals surface area contributed by atoms with E-state index >= 15 is 0 Å². The van der Waals surface area contributed by atoms with Crippen molar-refractivity contribution in [1.29, 1.82) is 0 Å². The number of hydroxylamine groups is 2. The van der Waals surface area contributed by atoms with Crippen LogP contribution in [0.3, 0.4) is 0 Å². The third kappa shape index (κ3) is 3.51. The summed E-state index contributed by atoms with van der Waals surface area (Å²) in [7, 11) is 0. The fourth-order valence-corrected chi connectivity index (χ4v) is 4.05. The molecule has 0 bridgehead atoms. The van der Waals surface area contributed by atoms with Crippen LogP contribution in [0.5, 0.6) is 0 Å². The predicted molar refractivity (Wildman–Crippen MR) is 106 cm³/mol. The number of fused-ring (bicyclic) bond motifs is 1. The third-order valence-electron chi connectivity index (χ3n) is 4.89. The summed E-state index contributed by atoms with van der Waals surface area (Å²) in [5, 5.41) is 12.3. The van der Waals surface area contributed by atoms with Crippen molar-refractivity contribution in [2.24, 2.45) is 0 Å². The molecule has 2 unspecified atom stereocenters. The average Bonchev–Trinajstić information content (AvgIpc) is 2.69. The van der Waals surface area contributed by atoms with E-state index in [4.69, 9.17) is 11.6 Å². The van der Waals surface area contributed by atoms with Gasteiger partial charge in [-0.15, -0.1) is 0 Å². The number of allylic oxidation sites excluding steroid dienone is 2. The molecule has 2 aliphatic rings. The van der Waals surface area contributed by atoms with E-state index in [1.807, 2.05) is 17.0 Å². The highest BCUT2D eigenvalue weighted by molar-refractivity contribution is 9.10. The standard InChI is InChI=1S/C20H16BrClFN3O2/c21-13-5-6-15(23)14(10-13)19-20(27)16-3-1-2-8-25(16)18(26(19)28)9-12-4-7-17(22)24-11-12/h1-7,10-11,18-19,28H,8-9H2. The number of aromatic nitrogens is 1. The summed E-state index contributed by atoms with van der Waals surface area (Å²) in [5.41, 5.74) is 1.41. The molecule has 0 spiro atoms. The lowest BCUT2D eigenvalue weighted by atomic mass is 9.93. The van der Waals surface area contributed by atoms with E-state index in [0.717, 1.165) is 10.6 Å². The fraction of sp³-hybridized carbons (Fsp3) is 0.200. The van der Waals surface area contributed by atoms with Crippen LogP contribution in [0.2, 0.25) is 5.15 Å². The Morgan fingerprint density at radius 2 is 2.14 bits per heavy atom. The van der Waals surface area contributed by atoms with Gasteiger partial charge in [0.25, 0.3) is 0 Å². The van der Waals surface area contributed by atoms with Crippen molar-refractivity contribution >= 4 is 33.3 Å². The van der Waals surface area contributed by atoms with E-state index in [-0.39, 0.29) is 11.3 Å². The Bertz CT molecular complexity index is 980. The molecule has 1 fully saturated rings. The highest BCUT2D eigenvalue weighted by Crippen LogP contribution is 2.37. The van der Waals surface area contributed by atoms with Gasteiger partial charge in [-0.05, 0) is 35.9 Å². The largest absolute Gasteiger partial charge is 0.347 e. The number of carbonyl (C=O) groups excluding carboxylic acids is 1. The number of ketones is 1. The summed E-state index contributed by atoms with van der Waals surface area (Å²) in [6.45, 7) is 0.466. The number of carbonyl (C=O) groups is 1. The van der Waals surface area contributed by atoms with Crippen LogP contribution in [0.4, 0.5) is 4.39 Å². The maximum atomic E-state index is 14.5. The van der Waals surface area contributed by atoms with Gasteiger partial charge in [-0.3, -0.25) is 4.79 Å². The summed E-state index contributed by atoms with van der Waals surface area (Å²) >= 11 is 9.17. The van der Waals surface area contributed by atoms with Crippen LogP contribution in [-0.4, -0.2) is 38.6 Å². The molecule has 2 aromatic rings. The molecule has 0 saturated carbocycles. The van der Waals surface area contributed by atoms with Gasteiger partial charge < -0.3 is 10.1 Å². The smallest absolute Gasteiger partial charge is 0.203 e. The molecule has 0 aliphatic carbocycles. The van der Waals surface area contributed by atoms with Gasteiger partial charge >= 0.3 is 0 Å². The second-order valence-corrected chi connectivity index (χ2v) is 7.92. The van der Waals surface area contributed by atoms with Gasteiger partial charge in [0.15, 0.2) is 0 Å². The van der Waals surface area contributed by atoms with Crippen molar-refractivity contribution in [3.63, 3.8) is 0 Å². The van der Waals surface area contributed by atoms with Crippen LogP contribution in [-0.2, 0) is 11.2 Å². The first-order valence-electron chi connectivity index (χ1n) is 8.66. The Morgan fingerprint density at radius 3 is 2.89 bits per heavy atom. The minimum absolute atomic E-state index is 0.121. The molecular weight excluding hydrogens is 449 g/mol. The zero-order valence-corrected chi connectivity index (χ0v) is 16.9. The van der Waals surface area contributed by atoms with E-state index in [2.05, 4.69) is 20.9 Å². The molecule has 4 rings (SSSR count). The fourth-order valence-electron chi connectivity index (χ4n) is 3.56. The maximum Gasteiger partial charge on any atom is 0.203 e. The molecule has 2 aliphatic heterocycles. The van der Waals surface area contributed by atoms with Gasteiger partial charge in [-0.2, -0.15) is 5.06 Å². The van der Waals surface area contributed by atoms with E-state index in [1.165, 1.54) is 12.1 Å². The molecule has 0 radical (unpaired) electrons. The Morgan fingerprint density at radius 1 is 1.32 bits per heavy atom. The van der Waals surface area contributed by atoms with Crippen LogP contribution < -0.4 is 0 Å². The predicted octanol–water partition coefficient (Wildman–Crippen LogP) is 4.28. The van der Waals surface area contributed by atoms with Gasteiger partial charge in [0.05, 0.1) is 5.70 Å². The normalized spacial score (nSPS) is 22.2. The van der Waals surface area contributed by atoms with Crippen LogP contribution in [0.25, 0.3) is 0 Å². The molecule has 3 heterocycles. The van der Waals surface area contributed by atoms with Crippen LogP contribution in [0.15, 0.2) is 64.9 Å². The number of Topliss-reactive ketones (excluding diaryl/α,β-unsaturated/α-hetero) is 1. The first-order valence-corrected chi connectivity index (χ1v) is 9.83. The number of halogens is 3. The first-order chi connectivity index (χ1) is 13.5. The quantitative estimate of drug-likeness (QED) is 0.687. The highest BCUT2D eigenvalue weighted by atomic mass is 79.9. The summed E-state index contributed by atoms with van der Waals surface area (Å²) in [6, 6.07) is 6.70. The Kier molecular flexibility index (Phi) is 5.33. The number of nitrogens with zero attached hydrogens (tertiary/aromatic N) is 3. The van der Waals surface area contributed by atoms with Gasteiger partial charge in [-0.25, -0.2) is 9.37 Å². The van der Waals surface area contributed by atoms with Crippen molar-refractivity contribution in [3.8, 4) is 0 Å². The maximum absolute atomic E-state index is 14.5. The molecular formula is C20H16BrClFN3O2. The summed E-state index contributed by atoms with van der Waals surface area (Å²) in [5.74, 6) is -0.901. The van der Waals surface area contributed by atoms with Gasteiger partial charge in [0.1, 0.15) is 23.2 Å². The molecule has 28 heavy (non-hydrogen) atoms. The Balaban J connectivity index is 1.76. The second kappa shape index (κ2) is 7.75. The number of pyridine rings is 1. The van der Waals surface area contributed by atoms with Gasteiger partial charge in [-0.1, -0.05) is 45.7 Å². The summed E-state index contributed by atoms with van der Waals surface area (Å²) in [6.07, 6.45) is 6.84. The molecule has 2 atom stereocenters. The number of hydrogen-bond acceptors (Lipinski definition) is 5. The van der Waals surface area contributed by atoms with E-state index < -0.39 is 18.0 Å². The second-order valence-electron chi connectivity index (χ2n) is 6.62. The first kappa shape index (κ1) is 19.3. The van der Waals surface area contributed by atoms with E-state index in [0.29, 0.717) is 28.3 Å². The van der Waals surface area contributed by atoms with Gasteiger partial charge in [0, 0.05) is 29.2 Å². The molecule has 1 N–H and O–H groups in total. The van der Waals surface area contributed by atoms with Crippen molar-refractivity contribution in [2.75, 3.05) is 6.54 Å². The van der Waals surface area contributed by atoms with Crippen molar-refractivity contribution in [1.82, 2.24) is 14.9 Å². The summed E-state index contributed by atoms with van der Waals surface area (Å²) < 4.78 is 15.2. The Hall–Kier alpha value is -2.06. The minimum Gasteiger partial charge on any atom is -0.347 e. The van der Waals surface area contributed by atoms with Crippen molar-refractivity contribution in [3.05, 3.63) is 87.0 Å². The van der Waals surface area contributed by atoms with Crippen LogP contribution in [0.1, 0.15) is 17.2 Å². The molecule has 8 heteroatoms. The zero-order chi connectivity index (χ0) is 19.8. The van der Waals surface area contributed by atoms with Crippen LogP contribution in [0, 0.1) is 5.82 Å². The minimum atomic E-state index is -1.14. The summed E-state index contributed by atoms with van der Waals surface area (Å²) in [4.78, 5) is 19.0. The van der Waals surface area contributed by atoms with E-state index in [9.17, 15) is 14.4 Å². The molecule has 144 valence electrons. The molecule has 1 aromatic heterocycles. The van der Waals surface area contributed by atoms with Crippen molar-refractivity contribution in [2.45, 2.75) is 18.6 Å². The topological polar surface area (TPSA) is 56.7 Å². The molecule has 0 amide bonds. The SMILES string of the molecule is O=C1C2=CC=CCN2C(Cc2ccc(Cl)nc2)N(O)C1c1cc(Br)ccc1F.